The molecule has 23 heavy (non-hydrogen) atoms. The van der Waals surface area contributed by atoms with Gasteiger partial charge in [-0.3, -0.25) is 10.2 Å². The van der Waals surface area contributed by atoms with E-state index in [1.165, 1.54) is 6.33 Å². The second-order valence-corrected chi connectivity index (χ2v) is 4.88. The molecule has 0 atom stereocenters. The van der Waals surface area contributed by atoms with Gasteiger partial charge in [-0.1, -0.05) is 0 Å². The first-order valence-electron chi connectivity index (χ1n) is 7.41. The largest absolute Gasteiger partial charge is 0.461 e. The smallest absolute Gasteiger partial charge is 0.358 e. The summed E-state index contributed by atoms with van der Waals surface area (Å²) in [6, 6.07) is 1.78. The summed E-state index contributed by atoms with van der Waals surface area (Å²) in [6.45, 7) is 3.15. The third kappa shape index (κ3) is 4.06. The number of hydrogen-bond acceptors (Lipinski definition) is 7. The molecule has 2 N–H and O–H groups in total. The number of nitrogens with one attached hydrogen (secondary N) is 2. The van der Waals surface area contributed by atoms with Crippen LogP contribution in [0, 0.1) is 11.3 Å². The molecule has 0 aliphatic carbocycles. The summed E-state index contributed by atoms with van der Waals surface area (Å²) in [5, 5.41) is 12.9. The molecule has 2 rings (SSSR count). The van der Waals surface area contributed by atoms with Gasteiger partial charge in [-0.05, 0) is 26.2 Å². The number of aromatic amines is 1. The highest BCUT2D eigenvalue weighted by Gasteiger charge is 2.22. The van der Waals surface area contributed by atoms with Gasteiger partial charge in [0.25, 0.3) is 5.91 Å². The standard InChI is InChI=1S/C14H18N6O3/c1-2-23-14(22)11-12(17-9-16-11)19-18-10(8-15)13(21)20-6-4-3-5-7-20/h9,19H,2-7H2,1H3,(H,16,17). The number of likely N-dealkylation sites (tertiary alicyclic amines) is 1. The van der Waals surface area contributed by atoms with Crippen LogP contribution < -0.4 is 5.43 Å². The monoisotopic (exact) mass is 318 g/mol. The second kappa shape index (κ2) is 7.93. The van der Waals surface area contributed by atoms with Crippen molar-refractivity contribution in [3.05, 3.63) is 12.0 Å². The molecule has 1 aliphatic heterocycles. The predicted molar refractivity (Wildman–Crippen MR) is 81.6 cm³/mol. The van der Waals surface area contributed by atoms with Gasteiger partial charge in [0.15, 0.2) is 11.5 Å². The number of ether oxygens (including phenoxy) is 1. The van der Waals surface area contributed by atoms with Crippen LogP contribution in [0.3, 0.4) is 0 Å². The molecule has 1 amide bonds. The number of piperidine rings is 1. The number of hydrogen-bond donors (Lipinski definition) is 2. The van der Waals surface area contributed by atoms with Gasteiger partial charge < -0.3 is 14.6 Å². The number of anilines is 1. The highest BCUT2D eigenvalue weighted by molar-refractivity contribution is 6.45. The lowest BCUT2D eigenvalue weighted by Crippen LogP contribution is -2.39. The Hall–Kier alpha value is -2.89. The number of nitriles is 1. The first-order chi connectivity index (χ1) is 11.2. The zero-order valence-corrected chi connectivity index (χ0v) is 12.8. The summed E-state index contributed by atoms with van der Waals surface area (Å²) in [5.74, 6) is -0.917. The molecular formula is C14H18N6O3. The number of esters is 1. The Bertz CT molecular complexity index is 639. The van der Waals surface area contributed by atoms with E-state index in [0.717, 1.165) is 19.3 Å². The van der Waals surface area contributed by atoms with Crippen molar-refractivity contribution in [2.24, 2.45) is 5.10 Å². The minimum absolute atomic E-state index is 0.0818. The van der Waals surface area contributed by atoms with Crippen LogP contribution >= 0.6 is 0 Å². The Morgan fingerprint density at radius 1 is 1.48 bits per heavy atom. The fourth-order valence-electron chi connectivity index (χ4n) is 2.21. The summed E-state index contributed by atoms with van der Waals surface area (Å²) >= 11 is 0. The molecule has 0 aromatic carbocycles. The number of carbonyl (C=O) groups excluding carboxylic acids is 2. The third-order valence-corrected chi connectivity index (χ3v) is 3.34. The average molecular weight is 318 g/mol. The Balaban J connectivity index is 2.08. The molecule has 122 valence electrons. The topological polar surface area (TPSA) is 123 Å². The first kappa shape index (κ1) is 16.5. The number of amides is 1. The maximum absolute atomic E-state index is 12.2. The number of rotatable bonds is 5. The van der Waals surface area contributed by atoms with Gasteiger partial charge in [0.2, 0.25) is 5.71 Å². The van der Waals surface area contributed by atoms with Crippen LogP contribution in [0.15, 0.2) is 11.4 Å². The fourth-order valence-corrected chi connectivity index (χ4v) is 2.21. The number of aromatic nitrogens is 2. The van der Waals surface area contributed by atoms with Gasteiger partial charge >= 0.3 is 5.97 Å². The quantitative estimate of drug-likeness (QED) is 0.472. The second-order valence-electron chi connectivity index (χ2n) is 4.88. The molecular weight excluding hydrogens is 300 g/mol. The molecule has 1 aliphatic rings. The van der Waals surface area contributed by atoms with Gasteiger partial charge in [0, 0.05) is 13.1 Å². The van der Waals surface area contributed by atoms with Crippen molar-refractivity contribution in [1.82, 2.24) is 14.9 Å². The molecule has 0 unspecified atom stereocenters. The molecule has 1 fully saturated rings. The van der Waals surface area contributed by atoms with E-state index in [-0.39, 0.29) is 23.8 Å². The zero-order chi connectivity index (χ0) is 16.7. The van der Waals surface area contributed by atoms with Crippen molar-refractivity contribution >= 4 is 23.4 Å². The number of carbonyl (C=O) groups is 2. The predicted octanol–water partition coefficient (Wildman–Crippen LogP) is 0.890. The Kier molecular flexibility index (Phi) is 5.68. The summed E-state index contributed by atoms with van der Waals surface area (Å²) in [4.78, 5) is 32.0. The zero-order valence-electron chi connectivity index (χ0n) is 12.8. The number of H-pyrrole nitrogens is 1. The molecule has 0 bridgehead atoms. The van der Waals surface area contributed by atoms with Gasteiger partial charge in [-0.2, -0.15) is 10.4 Å². The molecule has 9 nitrogen and oxygen atoms in total. The van der Waals surface area contributed by atoms with Crippen molar-refractivity contribution < 1.29 is 14.3 Å². The lowest BCUT2D eigenvalue weighted by molar-refractivity contribution is -0.124. The van der Waals surface area contributed by atoms with Crippen LogP contribution in [0.4, 0.5) is 5.82 Å². The van der Waals surface area contributed by atoms with Crippen molar-refractivity contribution in [2.45, 2.75) is 26.2 Å². The average Bonchev–Trinajstić information content (AvgIpc) is 3.05. The van der Waals surface area contributed by atoms with Gasteiger partial charge in [0.1, 0.15) is 6.07 Å². The van der Waals surface area contributed by atoms with Gasteiger partial charge in [0.05, 0.1) is 12.9 Å². The maximum Gasteiger partial charge on any atom is 0.358 e. The van der Waals surface area contributed by atoms with Crippen LogP contribution in [0.1, 0.15) is 36.7 Å². The lowest BCUT2D eigenvalue weighted by Gasteiger charge is -2.25. The molecule has 0 radical (unpaired) electrons. The highest BCUT2D eigenvalue weighted by atomic mass is 16.5. The van der Waals surface area contributed by atoms with E-state index in [2.05, 4.69) is 20.5 Å². The van der Waals surface area contributed by atoms with E-state index in [1.54, 1.807) is 17.9 Å². The fraction of sp³-hybridized carbons (Fsp3) is 0.500. The van der Waals surface area contributed by atoms with Crippen LogP contribution in [-0.4, -0.2) is 52.2 Å². The van der Waals surface area contributed by atoms with Crippen LogP contribution in [0.5, 0.6) is 0 Å². The summed E-state index contributed by atoms with van der Waals surface area (Å²) in [7, 11) is 0. The van der Waals surface area contributed by atoms with Crippen molar-refractivity contribution in [2.75, 3.05) is 25.1 Å². The summed E-state index contributed by atoms with van der Waals surface area (Å²) in [6.07, 6.45) is 4.22. The maximum atomic E-state index is 12.2. The Morgan fingerprint density at radius 3 is 2.87 bits per heavy atom. The molecule has 9 heteroatoms. The normalized spacial score (nSPS) is 15.0. The summed E-state index contributed by atoms with van der Waals surface area (Å²) in [5.41, 5.74) is 2.29. The Morgan fingerprint density at radius 2 is 2.22 bits per heavy atom. The Labute approximate surface area is 133 Å². The molecule has 0 spiro atoms. The molecule has 1 aromatic heterocycles. The van der Waals surface area contributed by atoms with Crippen molar-refractivity contribution in [1.29, 1.82) is 5.26 Å². The number of imidazole rings is 1. The van der Waals surface area contributed by atoms with E-state index >= 15 is 0 Å². The number of nitrogens with zero attached hydrogens (tertiary/aromatic N) is 4. The van der Waals surface area contributed by atoms with Crippen LogP contribution in [0.25, 0.3) is 0 Å². The lowest BCUT2D eigenvalue weighted by atomic mass is 10.1. The first-order valence-corrected chi connectivity index (χ1v) is 7.41. The minimum Gasteiger partial charge on any atom is -0.461 e. The highest BCUT2D eigenvalue weighted by Crippen LogP contribution is 2.12. The van der Waals surface area contributed by atoms with E-state index in [0.29, 0.717) is 13.1 Å². The van der Waals surface area contributed by atoms with E-state index in [1.807, 2.05) is 0 Å². The van der Waals surface area contributed by atoms with Crippen molar-refractivity contribution in [3.63, 3.8) is 0 Å². The van der Waals surface area contributed by atoms with Crippen LogP contribution in [-0.2, 0) is 9.53 Å². The molecule has 0 saturated carbocycles. The SMILES string of the molecule is CCOC(=O)c1[nH]cnc1NN=C(C#N)C(=O)N1CCCCC1. The van der Waals surface area contributed by atoms with E-state index < -0.39 is 11.9 Å². The molecule has 2 heterocycles. The van der Waals surface area contributed by atoms with Gasteiger partial charge in [-0.15, -0.1) is 0 Å². The number of hydrazone groups is 1. The minimum atomic E-state index is -0.594. The van der Waals surface area contributed by atoms with E-state index in [4.69, 9.17) is 10.00 Å². The van der Waals surface area contributed by atoms with Gasteiger partial charge in [-0.25, -0.2) is 9.78 Å². The molecule has 1 saturated heterocycles. The van der Waals surface area contributed by atoms with Crippen molar-refractivity contribution in [3.8, 4) is 6.07 Å². The van der Waals surface area contributed by atoms with E-state index in [9.17, 15) is 9.59 Å². The third-order valence-electron chi connectivity index (χ3n) is 3.34. The van der Waals surface area contributed by atoms with Crippen LogP contribution in [0.2, 0.25) is 0 Å². The summed E-state index contributed by atoms with van der Waals surface area (Å²) < 4.78 is 4.86. The molecule has 1 aromatic rings.